The maximum absolute atomic E-state index is 2.36. The van der Waals surface area contributed by atoms with Crippen LogP contribution in [-0.2, 0) is 0 Å². The first-order valence-corrected chi connectivity index (χ1v) is 7.23. The molecule has 0 radical (unpaired) electrons. The monoisotopic (exact) mass is 208 g/mol. The minimum Gasteiger partial charge on any atom is -0.0628 e. The molecule has 0 aromatic heterocycles. The Kier molecular flexibility index (Phi) is 3.74. The molecule has 0 amide bonds. The Morgan fingerprint density at radius 2 is 1.93 bits per heavy atom. The van der Waals surface area contributed by atoms with Crippen LogP contribution in [0.15, 0.2) is 0 Å². The van der Waals surface area contributed by atoms with E-state index in [-0.39, 0.29) is 0 Å². The molecule has 0 aromatic carbocycles. The van der Waals surface area contributed by atoms with Crippen LogP contribution in [0.4, 0.5) is 0 Å². The number of hydrogen-bond acceptors (Lipinski definition) is 0. The molecule has 2 atom stereocenters. The van der Waals surface area contributed by atoms with Crippen molar-refractivity contribution in [3.63, 3.8) is 0 Å². The van der Waals surface area contributed by atoms with Gasteiger partial charge in [0.25, 0.3) is 0 Å². The summed E-state index contributed by atoms with van der Waals surface area (Å²) in [6, 6.07) is 0. The molecule has 2 saturated carbocycles. The van der Waals surface area contributed by atoms with Gasteiger partial charge < -0.3 is 0 Å². The van der Waals surface area contributed by atoms with Crippen LogP contribution in [-0.4, -0.2) is 0 Å². The van der Waals surface area contributed by atoms with Crippen LogP contribution in [0.25, 0.3) is 0 Å². The molecular formula is C15H28. The van der Waals surface area contributed by atoms with Gasteiger partial charge in [-0.1, -0.05) is 46.0 Å². The Labute approximate surface area is 95.8 Å². The lowest BCUT2D eigenvalue weighted by Crippen LogP contribution is -2.39. The molecule has 15 heavy (non-hydrogen) atoms. The van der Waals surface area contributed by atoms with Crippen molar-refractivity contribution in [2.45, 2.75) is 78.1 Å². The van der Waals surface area contributed by atoms with Crippen LogP contribution in [0, 0.1) is 17.3 Å². The van der Waals surface area contributed by atoms with Gasteiger partial charge in [-0.05, 0) is 49.4 Å². The molecule has 0 unspecified atom stereocenters. The molecular weight excluding hydrogens is 180 g/mol. The van der Waals surface area contributed by atoms with E-state index >= 15 is 0 Å². The van der Waals surface area contributed by atoms with Gasteiger partial charge in [-0.25, -0.2) is 0 Å². The van der Waals surface area contributed by atoms with Crippen molar-refractivity contribution in [1.82, 2.24) is 0 Å². The molecule has 0 aliphatic heterocycles. The third kappa shape index (κ3) is 2.57. The average Bonchev–Trinajstić information content (AvgIpc) is 2.29. The third-order valence-electron chi connectivity index (χ3n) is 5.04. The normalized spacial score (nSPS) is 35.8. The second-order valence-corrected chi connectivity index (χ2v) is 6.48. The molecule has 0 saturated heterocycles. The molecule has 0 bridgehead atoms. The van der Waals surface area contributed by atoms with E-state index in [0.29, 0.717) is 0 Å². The van der Waals surface area contributed by atoms with Crippen LogP contribution in [0.5, 0.6) is 0 Å². The molecule has 2 aliphatic rings. The van der Waals surface area contributed by atoms with E-state index in [1.54, 1.807) is 32.1 Å². The quantitative estimate of drug-likeness (QED) is 0.597. The van der Waals surface area contributed by atoms with Crippen molar-refractivity contribution in [1.29, 1.82) is 0 Å². The number of hydrogen-bond donors (Lipinski definition) is 0. The van der Waals surface area contributed by atoms with Crippen LogP contribution >= 0.6 is 0 Å². The Morgan fingerprint density at radius 3 is 2.60 bits per heavy atom. The van der Waals surface area contributed by atoms with E-state index in [1.165, 1.54) is 32.1 Å². The predicted molar refractivity (Wildman–Crippen MR) is 66.9 cm³/mol. The fourth-order valence-electron chi connectivity index (χ4n) is 3.90. The molecule has 88 valence electrons. The fraction of sp³-hybridized carbons (Fsp3) is 1.00. The van der Waals surface area contributed by atoms with Crippen molar-refractivity contribution >= 4 is 0 Å². The second kappa shape index (κ2) is 4.89. The van der Waals surface area contributed by atoms with E-state index in [2.05, 4.69) is 13.8 Å². The highest BCUT2D eigenvalue weighted by atomic mass is 14.5. The maximum atomic E-state index is 2.36. The zero-order valence-corrected chi connectivity index (χ0v) is 10.7. The average molecular weight is 208 g/mol. The smallest absolute Gasteiger partial charge is 0.0269 e. The van der Waals surface area contributed by atoms with E-state index in [9.17, 15) is 0 Å². The Morgan fingerprint density at radius 1 is 1.07 bits per heavy atom. The van der Waals surface area contributed by atoms with Gasteiger partial charge >= 0.3 is 0 Å². The summed E-state index contributed by atoms with van der Waals surface area (Å²) in [5, 5.41) is 0. The Hall–Kier alpha value is 0. The van der Waals surface area contributed by atoms with Gasteiger partial charge in [0.2, 0.25) is 0 Å². The standard InChI is InChI=1S/C15H28/c1-13(2)7-6-11-15-10-5-3-4-8-14(15)9-12-15/h13-14H,3-12H2,1-2H3/t14-,15-/m0/s1. The summed E-state index contributed by atoms with van der Waals surface area (Å²) in [6.07, 6.45) is 15.3. The summed E-state index contributed by atoms with van der Waals surface area (Å²) in [6.45, 7) is 4.73. The highest BCUT2D eigenvalue weighted by molar-refractivity contribution is 4.96. The first-order valence-electron chi connectivity index (χ1n) is 7.23. The van der Waals surface area contributed by atoms with Crippen molar-refractivity contribution in [3.8, 4) is 0 Å². The van der Waals surface area contributed by atoms with Crippen LogP contribution in [0.2, 0.25) is 0 Å². The minimum atomic E-state index is 0.839. The van der Waals surface area contributed by atoms with E-state index in [1.807, 2.05) is 0 Å². The van der Waals surface area contributed by atoms with Gasteiger partial charge in [0.15, 0.2) is 0 Å². The zero-order valence-electron chi connectivity index (χ0n) is 10.7. The van der Waals surface area contributed by atoms with Crippen LogP contribution in [0.3, 0.4) is 0 Å². The van der Waals surface area contributed by atoms with E-state index in [4.69, 9.17) is 0 Å². The third-order valence-corrected chi connectivity index (χ3v) is 5.04. The SMILES string of the molecule is CC(C)CCC[C@]12CCCCC[C@H]1CC2. The molecule has 2 fully saturated rings. The number of rotatable bonds is 4. The van der Waals surface area contributed by atoms with Gasteiger partial charge in [0, 0.05) is 0 Å². The molecule has 2 rings (SSSR count). The van der Waals surface area contributed by atoms with Gasteiger partial charge in [-0.15, -0.1) is 0 Å². The van der Waals surface area contributed by atoms with Gasteiger partial charge in [-0.3, -0.25) is 0 Å². The molecule has 0 heterocycles. The summed E-state index contributed by atoms with van der Waals surface area (Å²) in [5.41, 5.74) is 0.839. The lowest BCUT2D eigenvalue weighted by atomic mass is 9.55. The predicted octanol–water partition coefficient (Wildman–Crippen LogP) is 5.17. The topological polar surface area (TPSA) is 0 Å². The summed E-state index contributed by atoms with van der Waals surface area (Å²) >= 11 is 0. The first-order chi connectivity index (χ1) is 7.23. The Balaban J connectivity index is 1.82. The highest BCUT2D eigenvalue weighted by Crippen LogP contribution is 2.57. The van der Waals surface area contributed by atoms with Crippen molar-refractivity contribution in [2.75, 3.05) is 0 Å². The number of fused-ring (bicyclic) bond motifs is 1. The summed E-state index contributed by atoms with van der Waals surface area (Å²) in [4.78, 5) is 0. The van der Waals surface area contributed by atoms with Crippen LogP contribution < -0.4 is 0 Å². The summed E-state index contributed by atoms with van der Waals surface area (Å²) in [5.74, 6) is 2.04. The Bertz CT molecular complexity index is 194. The first kappa shape index (κ1) is 11.5. The molecule has 0 nitrogen and oxygen atoms in total. The lowest BCUT2D eigenvalue weighted by Gasteiger charge is -2.50. The fourth-order valence-corrected chi connectivity index (χ4v) is 3.90. The minimum absolute atomic E-state index is 0.839. The van der Waals surface area contributed by atoms with Crippen LogP contribution in [0.1, 0.15) is 78.1 Å². The van der Waals surface area contributed by atoms with E-state index < -0.39 is 0 Å². The summed E-state index contributed by atoms with van der Waals surface area (Å²) in [7, 11) is 0. The van der Waals surface area contributed by atoms with Crippen molar-refractivity contribution < 1.29 is 0 Å². The molecule has 0 N–H and O–H groups in total. The maximum Gasteiger partial charge on any atom is -0.0269 e. The van der Waals surface area contributed by atoms with E-state index in [0.717, 1.165) is 17.3 Å². The summed E-state index contributed by atoms with van der Waals surface area (Å²) < 4.78 is 0. The molecule has 0 spiro atoms. The van der Waals surface area contributed by atoms with Gasteiger partial charge in [0.1, 0.15) is 0 Å². The largest absolute Gasteiger partial charge is 0.0628 e. The molecule has 2 aliphatic carbocycles. The van der Waals surface area contributed by atoms with Crippen molar-refractivity contribution in [2.24, 2.45) is 17.3 Å². The van der Waals surface area contributed by atoms with Gasteiger partial charge in [-0.2, -0.15) is 0 Å². The molecule has 0 heteroatoms. The lowest BCUT2D eigenvalue weighted by molar-refractivity contribution is 0.00945. The second-order valence-electron chi connectivity index (χ2n) is 6.48. The zero-order chi connectivity index (χ0) is 10.7. The van der Waals surface area contributed by atoms with Crippen molar-refractivity contribution in [3.05, 3.63) is 0 Å². The molecule has 0 aromatic rings. The highest BCUT2D eigenvalue weighted by Gasteiger charge is 2.45. The van der Waals surface area contributed by atoms with Gasteiger partial charge in [0.05, 0.1) is 0 Å².